The molecule has 0 aliphatic carbocycles. The number of nitro groups is 1. The summed E-state index contributed by atoms with van der Waals surface area (Å²) < 4.78 is 5.35. The molecular formula is C24H25N3O4. The van der Waals surface area contributed by atoms with E-state index in [1.165, 1.54) is 6.07 Å². The van der Waals surface area contributed by atoms with E-state index < -0.39 is 4.92 Å². The van der Waals surface area contributed by atoms with Crippen LogP contribution in [0.15, 0.2) is 72.8 Å². The van der Waals surface area contributed by atoms with E-state index in [1.54, 1.807) is 31.2 Å². The second-order valence-corrected chi connectivity index (χ2v) is 7.12. The number of amides is 1. The number of likely N-dealkylation sites (N-methyl/N-ethyl adjacent to an activating group) is 1. The number of rotatable bonds is 9. The first-order valence-corrected chi connectivity index (χ1v) is 9.93. The Hall–Kier alpha value is -3.87. The normalized spacial score (nSPS) is 10.4. The highest BCUT2D eigenvalue weighted by molar-refractivity contribution is 5.95. The number of hydrogen-bond acceptors (Lipinski definition) is 5. The molecule has 0 saturated heterocycles. The van der Waals surface area contributed by atoms with Gasteiger partial charge in [-0.25, -0.2) is 0 Å². The number of nitro benzene ring substituents is 1. The number of hydrogen-bond donors (Lipinski definition) is 1. The van der Waals surface area contributed by atoms with Crippen LogP contribution in [-0.4, -0.2) is 36.4 Å². The van der Waals surface area contributed by atoms with Crippen molar-refractivity contribution in [3.63, 3.8) is 0 Å². The second-order valence-electron chi connectivity index (χ2n) is 7.12. The standard InChI is InChI=1S/C24H25N3O4/c1-26(15-14-19-10-6-7-11-23(19)31-2)24(28)20-12-13-21(22(16-20)27(29)30)25-17-18-8-4-3-5-9-18/h3-13,16,25H,14-15,17H2,1-2H3. The van der Waals surface area contributed by atoms with Crippen molar-refractivity contribution in [2.45, 2.75) is 13.0 Å². The summed E-state index contributed by atoms with van der Waals surface area (Å²) in [7, 11) is 3.30. The van der Waals surface area contributed by atoms with Crippen LogP contribution < -0.4 is 10.1 Å². The second kappa shape index (κ2) is 10.2. The van der Waals surface area contributed by atoms with Crippen LogP contribution in [0.5, 0.6) is 5.75 Å². The Labute approximate surface area is 181 Å². The average Bonchev–Trinajstić information content (AvgIpc) is 2.81. The average molecular weight is 419 g/mol. The smallest absolute Gasteiger partial charge is 0.293 e. The number of nitrogens with one attached hydrogen (secondary N) is 1. The zero-order valence-electron chi connectivity index (χ0n) is 17.6. The minimum Gasteiger partial charge on any atom is -0.496 e. The molecule has 160 valence electrons. The van der Waals surface area contributed by atoms with Crippen molar-refractivity contribution in [2.24, 2.45) is 0 Å². The van der Waals surface area contributed by atoms with Crippen LogP contribution in [-0.2, 0) is 13.0 Å². The summed E-state index contributed by atoms with van der Waals surface area (Å²) in [5.74, 6) is 0.500. The number of methoxy groups -OCH3 is 1. The van der Waals surface area contributed by atoms with E-state index in [2.05, 4.69) is 5.32 Å². The molecule has 0 atom stereocenters. The highest BCUT2D eigenvalue weighted by Gasteiger charge is 2.20. The van der Waals surface area contributed by atoms with Gasteiger partial charge in [-0.05, 0) is 35.7 Å². The molecule has 0 fully saturated rings. The maximum absolute atomic E-state index is 12.8. The minimum absolute atomic E-state index is 0.125. The highest BCUT2D eigenvalue weighted by Crippen LogP contribution is 2.27. The van der Waals surface area contributed by atoms with E-state index >= 15 is 0 Å². The van der Waals surface area contributed by atoms with Gasteiger partial charge in [0, 0.05) is 31.8 Å². The summed E-state index contributed by atoms with van der Waals surface area (Å²) >= 11 is 0. The SMILES string of the molecule is COc1ccccc1CCN(C)C(=O)c1ccc(NCc2ccccc2)c([N+](=O)[O-])c1. The number of ether oxygens (including phenoxy) is 1. The predicted molar refractivity (Wildman–Crippen MR) is 121 cm³/mol. The third-order valence-electron chi connectivity index (χ3n) is 5.02. The predicted octanol–water partition coefficient (Wildman–Crippen LogP) is 4.53. The van der Waals surface area contributed by atoms with Crippen LogP contribution in [0.4, 0.5) is 11.4 Å². The van der Waals surface area contributed by atoms with Crippen molar-refractivity contribution < 1.29 is 14.5 Å². The third-order valence-corrected chi connectivity index (χ3v) is 5.02. The molecule has 0 saturated carbocycles. The Kier molecular flexibility index (Phi) is 7.22. The van der Waals surface area contributed by atoms with E-state index in [0.717, 1.165) is 16.9 Å². The summed E-state index contributed by atoms with van der Waals surface area (Å²) in [4.78, 5) is 25.5. The number of carbonyl (C=O) groups is 1. The van der Waals surface area contributed by atoms with E-state index in [-0.39, 0.29) is 17.2 Å². The molecule has 3 rings (SSSR count). The fourth-order valence-corrected chi connectivity index (χ4v) is 3.28. The quantitative estimate of drug-likeness (QED) is 0.407. The Bertz CT molecular complexity index is 1050. The van der Waals surface area contributed by atoms with Gasteiger partial charge in [0.05, 0.1) is 12.0 Å². The van der Waals surface area contributed by atoms with E-state index in [4.69, 9.17) is 4.74 Å². The lowest BCUT2D eigenvalue weighted by molar-refractivity contribution is -0.384. The van der Waals surface area contributed by atoms with Crippen LogP contribution >= 0.6 is 0 Å². The van der Waals surface area contributed by atoms with Crippen LogP contribution in [0, 0.1) is 10.1 Å². The van der Waals surface area contributed by atoms with Gasteiger partial charge in [-0.1, -0.05) is 48.5 Å². The highest BCUT2D eigenvalue weighted by atomic mass is 16.6. The number of nitrogens with zero attached hydrogens (tertiary/aromatic N) is 2. The summed E-state index contributed by atoms with van der Waals surface area (Å²) in [6.45, 7) is 0.912. The number of benzene rings is 3. The first-order chi connectivity index (χ1) is 15.0. The Balaban J connectivity index is 1.70. The maximum Gasteiger partial charge on any atom is 0.293 e. The monoisotopic (exact) mass is 419 g/mol. The summed E-state index contributed by atoms with van der Waals surface area (Å²) in [5.41, 5.74) is 2.53. The lowest BCUT2D eigenvalue weighted by Gasteiger charge is -2.18. The molecule has 0 radical (unpaired) electrons. The zero-order valence-corrected chi connectivity index (χ0v) is 17.6. The van der Waals surface area contributed by atoms with E-state index in [9.17, 15) is 14.9 Å². The molecule has 0 aromatic heterocycles. The van der Waals surface area contributed by atoms with Crippen molar-refractivity contribution in [1.82, 2.24) is 4.90 Å². The molecule has 3 aromatic carbocycles. The van der Waals surface area contributed by atoms with Crippen molar-refractivity contribution in [3.8, 4) is 5.75 Å². The molecule has 1 amide bonds. The fraction of sp³-hybridized carbons (Fsp3) is 0.208. The van der Waals surface area contributed by atoms with Gasteiger partial charge in [-0.2, -0.15) is 0 Å². The van der Waals surface area contributed by atoms with Crippen molar-refractivity contribution in [1.29, 1.82) is 0 Å². The molecular weight excluding hydrogens is 394 g/mol. The molecule has 31 heavy (non-hydrogen) atoms. The van der Waals surface area contributed by atoms with E-state index in [1.807, 2.05) is 54.6 Å². The number of carbonyl (C=O) groups excluding carboxylic acids is 1. The molecule has 0 heterocycles. The molecule has 0 aliphatic rings. The van der Waals surface area contributed by atoms with Gasteiger partial charge in [-0.3, -0.25) is 14.9 Å². The Morgan fingerprint density at radius 1 is 1.06 bits per heavy atom. The summed E-state index contributed by atoms with van der Waals surface area (Å²) in [5, 5.41) is 14.7. The largest absolute Gasteiger partial charge is 0.496 e. The molecule has 0 unspecified atom stereocenters. The lowest BCUT2D eigenvalue weighted by Crippen LogP contribution is -2.29. The maximum atomic E-state index is 12.8. The Morgan fingerprint density at radius 2 is 1.77 bits per heavy atom. The summed E-state index contributed by atoms with van der Waals surface area (Å²) in [6, 6.07) is 21.8. The molecule has 0 bridgehead atoms. The first kappa shape index (κ1) is 21.8. The van der Waals surface area contributed by atoms with Gasteiger partial charge in [0.2, 0.25) is 0 Å². The van der Waals surface area contributed by atoms with E-state index in [0.29, 0.717) is 25.2 Å². The van der Waals surface area contributed by atoms with Gasteiger partial charge in [-0.15, -0.1) is 0 Å². The van der Waals surface area contributed by atoms with Crippen molar-refractivity contribution in [3.05, 3.63) is 99.6 Å². The molecule has 0 spiro atoms. The summed E-state index contributed by atoms with van der Waals surface area (Å²) in [6.07, 6.45) is 0.616. The van der Waals surface area contributed by atoms with Gasteiger partial charge >= 0.3 is 0 Å². The fourth-order valence-electron chi connectivity index (χ4n) is 3.28. The topological polar surface area (TPSA) is 84.7 Å². The van der Waals surface area contributed by atoms with Crippen LogP contribution in [0.2, 0.25) is 0 Å². The zero-order chi connectivity index (χ0) is 22.2. The van der Waals surface area contributed by atoms with Gasteiger partial charge < -0.3 is 15.0 Å². The van der Waals surface area contributed by atoms with Crippen LogP contribution in [0.1, 0.15) is 21.5 Å². The van der Waals surface area contributed by atoms with Crippen molar-refractivity contribution >= 4 is 17.3 Å². The van der Waals surface area contributed by atoms with Crippen LogP contribution in [0.25, 0.3) is 0 Å². The lowest BCUT2D eigenvalue weighted by atomic mass is 10.1. The van der Waals surface area contributed by atoms with Gasteiger partial charge in [0.1, 0.15) is 11.4 Å². The number of anilines is 1. The van der Waals surface area contributed by atoms with Crippen molar-refractivity contribution in [2.75, 3.05) is 26.0 Å². The Morgan fingerprint density at radius 3 is 2.48 bits per heavy atom. The third kappa shape index (κ3) is 5.60. The molecule has 7 nitrogen and oxygen atoms in total. The minimum atomic E-state index is -0.473. The molecule has 1 N–H and O–H groups in total. The molecule has 0 aliphatic heterocycles. The first-order valence-electron chi connectivity index (χ1n) is 9.93. The molecule has 3 aromatic rings. The number of para-hydroxylation sites is 1. The molecule has 7 heteroatoms. The van der Waals surface area contributed by atoms with Crippen LogP contribution in [0.3, 0.4) is 0 Å². The van der Waals surface area contributed by atoms with Gasteiger partial charge in [0.25, 0.3) is 11.6 Å². The van der Waals surface area contributed by atoms with Gasteiger partial charge in [0.15, 0.2) is 0 Å².